The van der Waals surface area contributed by atoms with Crippen molar-refractivity contribution in [3.8, 4) is 16.8 Å². The van der Waals surface area contributed by atoms with Gasteiger partial charge < -0.3 is 13.8 Å². The van der Waals surface area contributed by atoms with Crippen LogP contribution < -0.4 is 15.7 Å². The molecule has 14 rings (SSSR count). The van der Waals surface area contributed by atoms with Crippen LogP contribution in [0.1, 0.15) is 52.7 Å². The minimum absolute atomic E-state index is 0.00264. The van der Waals surface area contributed by atoms with Crippen LogP contribution in [0.25, 0.3) is 101 Å². The Balaban J connectivity index is 1.24. The number of anilines is 2. The molecule has 0 spiro atoms. The van der Waals surface area contributed by atoms with Crippen molar-refractivity contribution in [1.82, 2.24) is 4.57 Å². The second-order valence-corrected chi connectivity index (χ2v) is 21.8. The number of furan rings is 1. The predicted octanol–water partition coefficient (Wildman–Crippen LogP) is 15.3. The highest BCUT2D eigenvalue weighted by Crippen LogP contribution is 2.54. The Kier molecular flexibility index (Phi) is 6.70. The van der Waals surface area contributed by atoms with Gasteiger partial charge in [-0.15, -0.1) is 22.7 Å². The Morgan fingerprint density at radius 3 is 1.90 bits per heavy atom. The maximum atomic E-state index is 7.19. The molecule has 6 heteroatoms. The molecular formula is C56H41BN2OS2. The lowest BCUT2D eigenvalue weighted by molar-refractivity contribution is 0.590. The fourth-order valence-electron chi connectivity index (χ4n) is 11.1. The van der Waals surface area contributed by atoms with Crippen molar-refractivity contribution in [2.24, 2.45) is 0 Å². The van der Waals surface area contributed by atoms with Gasteiger partial charge in [0.15, 0.2) is 0 Å². The summed E-state index contributed by atoms with van der Waals surface area (Å²) < 4.78 is 15.1. The van der Waals surface area contributed by atoms with Crippen LogP contribution in [-0.2, 0) is 10.8 Å². The Labute approximate surface area is 367 Å². The lowest BCUT2D eigenvalue weighted by Crippen LogP contribution is -2.60. The molecule has 6 heterocycles. The molecule has 0 radical (unpaired) electrons. The van der Waals surface area contributed by atoms with Crippen LogP contribution >= 0.6 is 22.7 Å². The molecule has 8 aromatic carbocycles. The fraction of sp³-hybridized carbons (Fsp3) is 0.143. The largest absolute Gasteiger partial charge is 0.455 e. The molecule has 4 aromatic heterocycles. The number of hydrogen-bond acceptors (Lipinski definition) is 4. The molecule has 0 unspecified atom stereocenters. The van der Waals surface area contributed by atoms with Crippen molar-refractivity contribution in [2.75, 3.05) is 4.81 Å². The molecule has 0 saturated heterocycles. The van der Waals surface area contributed by atoms with Crippen molar-refractivity contribution in [2.45, 2.75) is 52.4 Å². The second-order valence-electron chi connectivity index (χ2n) is 19.6. The summed E-state index contributed by atoms with van der Waals surface area (Å²) in [6, 6.07) is 53.1. The van der Waals surface area contributed by atoms with Gasteiger partial charge in [-0.2, -0.15) is 0 Å². The topological polar surface area (TPSA) is 21.3 Å². The van der Waals surface area contributed by atoms with Crippen LogP contribution in [0, 0.1) is 0 Å². The van der Waals surface area contributed by atoms with Gasteiger partial charge >= 0.3 is 6.85 Å². The first-order valence-electron chi connectivity index (χ1n) is 21.8. The molecule has 0 atom stereocenters. The fourth-order valence-corrected chi connectivity index (χ4v) is 13.5. The van der Waals surface area contributed by atoms with Gasteiger partial charge in [-0.05, 0) is 87.5 Å². The maximum Gasteiger partial charge on any atom is 0.333 e. The van der Waals surface area contributed by atoms with E-state index in [4.69, 9.17) is 4.42 Å². The van der Waals surface area contributed by atoms with E-state index < -0.39 is 0 Å². The van der Waals surface area contributed by atoms with Gasteiger partial charge in [-0.25, -0.2) is 0 Å². The molecule has 0 fully saturated rings. The van der Waals surface area contributed by atoms with E-state index in [1.54, 1.807) is 0 Å². The molecule has 2 aliphatic rings. The average Bonchev–Trinajstić information content (AvgIpc) is 4.03. The summed E-state index contributed by atoms with van der Waals surface area (Å²) >= 11 is 3.83. The molecular weight excluding hydrogens is 792 g/mol. The third-order valence-corrected chi connectivity index (χ3v) is 16.5. The molecule has 0 N–H and O–H groups in total. The van der Waals surface area contributed by atoms with E-state index in [2.05, 4.69) is 190 Å². The molecule has 12 aromatic rings. The number of hydrogen-bond donors (Lipinski definition) is 0. The molecule has 3 nitrogen and oxygen atoms in total. The Bertz CT molecular complexity index is 3980. The van der Waals surface area contributed by atoms with Crippen LogP contribution in [0.4, 0.5) is 11.4 Å². The zero-order valence-corrected chi connectivity index (χ0v) is 37.1. The van der Waals surface area contributed by atoms with Crippen LogP contribution in [0.3, 0.4) is 0 Å². The molecule has 0 amide bonds. The number of para-hydroxylation sites is 1. The summed E-state index contributed by atoms with van der Waals surface area (Å²) in [5.41, 5.74) is 15.9. The Hall–Kier alpha value is -6.34. The summed E-state index contributed by atoms with van der Waals surface area (Å²) in [6.45, 7) is 13.9. The van der Waals surface area contributed by atoms with E-state index in [9.17, 15) is 0 Å². The van der Waals surface area contributed by atoms with Crippen molar-refractivity contribution in [3.05, 3.63) is 151 Å². The highest BCUT2D eigenvalue weighted by atomic mass is 32.1. The van der Waals surface area contributed by atoms with Gasteiger partial charge in [0, 0.05) is 85.4 Å². The Morgan fingerprint density at radius 2 is 1.15 bits per heavy atom. The van der Waals surface area contributed by atoms with Gasteiger partial charge in [0.2, 0.25) is 0 Å². The van der Waals surface area contributed by atoms with Crippen LogP contribution in [0.15, 0.2) is 144 Å². The molecule has 0 bridgehead atoms. The lowest BCUT2D eigenvalue weighted by Gasteiger charge is -2.42. The minimum Gasteiger partial charge on any atom is -0.455 e. The lowest BCUT2D eigenvalue weighted by atomic mass is 9.43. The summed E-state index contributed by atoms with van der Waals surface area (Å²) in [7, 11) is 0. The van der Waals surface area contributed by atoms with Crippen molar-refractivity contribution in [3.63, 3.8) is 0 Å². The number of benzene rings is 8. The normalized spacial score (nSPS) is 13.9. The number of rotatable bonds is 1. The quantitative estimate of drug-likeness (QED) is 0.154. The van der Waals surface area contributed by atoms with Gasteiger partial charge in [-0.3, -0.25) is 0 Å². The second kappa shape index (κ2) is 11.8. The first kappa shape index (κ1) is 35.3. The summed E-state index contributed by atoms with van der Waals surface area (Å²) in [6.07, 6.45) is 0. The van der Waals surface area contributed by atoms with Crippen LogP contribution in [0.5, 0.6) is 0 Å². The van der Waals surface area contributed by atoms with Gasteiger partial charge in [0.1, 0.15) is 11.2 Å². The summed E-state index contributed by atoms with van der Waals surface area (Å²) in [4.78, 5) is 2.74. The SMILES string of the molecule is CC(C)(C)c1ccc2c(c1)c1cc(C(C)(C)C)cc3c1n2-c1cc2c(oc4ccccc42)c2c1B3N(c1cccc3c1sc1ccccc13)c1ccc3c(sc4ccccc43)c1-2. The van der Waals surface area contributed by atoms with Crippen molar-refractivity contribution < 1.29 is 4.42 Å². The van der Waals surface area contributed by atoms with E-state index >= 15 is 0 Å². The van der Waals surface area contributed by atoms with Gasteiger partial charge in [-0.1, -0.05) is 126 Å². The average molecular weight is 833 g/mol. The zero-order valence-electron chi connectivity index (χ0n) is 35.5. The first-order chi connectivity index (χ1) is 30.0. The number of fused-ring (bicyclic) bond motifs is 18. The van der Waals surface area contributed by atoms with Gasteiger partial charge in [0.25, 0.3) is 0 Å². The third kappa shape index (κ3) is 4.46. The number of aromatic nitrogens is 1. The molecule has 0 saturated carbocycles. The number of thiophene rings is 2. The molecule has 62 heavy (non-hydrogen) atoms. The van der Waals surface area contributed by atoms with E-state index in [-0.39, 0.29) is 17.7 Å². The van der Waals surface area contributed by atoms with E-state index in [1.807, 2.05) is 22.7 Å². The third-order valence-electron chi connectivity index (χ3n) is 14.1. The Morgan fingerprint density at radius 1 is 0.484 bits per heavy atom. The zero-order chi connectivity index (χ0) is 41.6. The molecule has 0 aliphatic carbocycles. The molecule has 2 aliphatic heterocycles. The van der Waals surface area contributed by atoms with Crippen molar-refractivity contribution >= 4 is 136 Å². The summed E-state index contributed by atoms with van der Waals surface area (Å²) in [5, 5.41) is 10.2. The monoisotopic (exact) mass is 832 g/mol. The van der Waals surface area contributed by atoms with E-state index in [0.717, 1.165) is 21.9 Å². The standard InChI is InChI=1S/C56H41BN2OS2/c1-55(2,3)30-22-24-41-37(26-30)38-27-31(56(4,5)6)28-40-51(38)58(41)44-29-39-32-14-7-10-19-45(32)60-52(39)49-48-42(25-23-36-34-16-9-12-21-47(34)62-54(36)48)59(57(40)50(44)49)43-18-13-17-35-33-15-8-11-20-46(33)61-53(35)43/h7-29H,1-6H3. The van der Waals surface area contributed by atoms with Crippen molar-refractivity contribution in [1.29, 1.82) is 0 Å². The van der Waals surface area contributed by atoms with E-state index in [1.165, 1.54) is 112 Å². The van der Waals surface area contributed by atoms with E-state index in [0.29, 0.717) is 0 Å². The highest BCUT2D eigenvalue weighted by Gasteiger charge is 2.47. The van der Waals surface area contributed by atoms with Crippen LogP contribution in [-0.4, -0.2) is 11.4 Å². The number of nitrogens with zero attached hydrogens (tertiary/aromatic N) is 2. The maximum absolute atomic E-state index is 7.19. The molecule has 296 valence electrons. The minimum atomic E-state index is -0.142. The first-order valence-corrected chi connectivity index (χ1v) is 23.4. The predicted molar refractivity (Wildman–Crippen MR) is 270 cm³/mol. The smallest absolute Gasteiger partial charge is 0.333 e. The highest BCUT2D eigenvalue weighted by molar-refractivity contribution is 7.27. The van der Waals surface area contributed by atoms with Crippen LogP contribution in [0.2, 0.25) is 0 Å². The summed E-state index contributed by atoms with van der Waals surface area (Å²) in [5.74, 6) is 0. The van der Waals surface area contributed by atoms with Gasteiger partial charge in [0.05, 0.1) is 15.7 Å².